The summed E-state index contributed by atoms with van der Waals surface area (Å²) >= 11 is 0. The highest BCUT2D eigenvalue weighted by atomic mass is 16.5. The van der Waals surface area contributed by atoms with Crippen molar-refractivity contribution in [2.24, 2.45) is 0 Å². The Labute approximate surface area is 115 Å². The van der Waals surface area contributed by atoms with Crippen molar-refractivity contribution in [3.8, 4) is 5.75 Å². The third kappa shape index (κ3) is 3.47. The molecule has 4 nitrogen and oxygen atoms in total. The second-order valence-corrected chi connectivity index (χ2v) is 5.71. The van der Waals surface area contributed by atoms with Crippen molar-refractivity contribution in [2.75, 3.05) is 19.1 Å². The molecule has 1 N–H and O–H groups in total. The molecule has 1 atom stereocenters. The van der Waals surface area contributed by atoms with Gasteiger partial charge in [0.2, 0.25) is 0 Å². The number of ether oxygens (including phenoxy) is 1. The van der Waals surface area contributed by atoms with Crippen LogP contribution in [-0.2, 0) is 10.2 Å². The second kappa shape index (κ2) is 5.61. The van der Waals surface area contributed by atoms with E-state index in [0.717, 1.165) is 5.56 Å². The van der Waals surface area contributed by atoms with E-state index < -0.39 is 6.10 Å². The van der Waals surface area contributed by atoms with Crippen molar-refractivity contribution in [3.63, 3.8) is 0 Å². The Kier molecular flexibility index (Phi) is 4.58. The summed E-state index contributed by atoms with van der Waals surface area (Å²) in [5.74, 6) is 0.258. The molecule has 0 radical (unpaired) electrons. The van der Waals surface area contributed by atoms with E-state index in [0.29, 0.717) is 11.4 Å². The zero-order chi connectivity index (χ0) is 14.8. The van der Waals surface area contributed by atoms with Gasteiger partial charge < -0.3 is 14.7 Å². The lowest BCUT2D eigenvalue weighted by atomic mass is 9.86. The van der Waals surface area contributed by atoms with Gasteiger partial charge in [0.15, 0.2) is 0 Å². The fourth-order valence-electron chi connectivity index (χ4n) is 1.82. The minimum atomic E-state index is -1.03. The lowest BCUT2D eigenvalue weighted by Crippen LogP contribution is -2.35. The van der Waals surface area contributed by atoms with E-state index in [9.17, 15) is 9.90 Å². The normalized spacial score (nSPS) is 13.0. The number of rotatable bonds is 3. The minimum Gasteiger partial charge on any atom is -0.495 e. The maximum Gasteiger partial charge on any atom is 0.255 e. The van der Waals surface area contributed by atoms with Crippen LogP contribution in [0.1, 0.15) is 33.3 Å². The molecule has 4 heteroatoms. The zero-order valence-electron chi connectivity index (χ0n) is 12.5. The van der Waals surface area contributed by atoms with Crippen LogP contribution in [0.15, 0.2) is 18.2 Å². The Morgan fingerprint density at radius 2 is 1.95 bits per heavy atom. The monoisotopic (exact) mass is 265 g/mol. The molecule has 0 bridgehead atoms. The first-order valence-electron chi connectivity index (χ1n) is 6.32. The Morgan fingerprint density at radius 1 is 1.37 bits per heavy atom. The number of anilines is 1. The highest BCUT2D eigenvalue weighted by Gasteiger charge is 2.22. The van der Waals surface area contributed by atoms with Gasteiger partial charge in [-0.1, -0.05) is 26.8 Å². The molecule has 1 aromatic rings. The Bertz CT molecular complexity index is 461. The van der Waals surface area contributed by atoms with Crippen LogP contribution in [-0.4, -0.2) is 31.3 Å². The molecule has 0 fully saturated rings. The first-order chi connectivity index (χ1) is 8.68. The van der Waals surface area contributed by atoms with E-state index in [1.165, 1.54) is 11.8 Å². The molecule has 0 spiro atoms. The number of hydrogen-bond acceptors (Lipinski definition) is 3. The van der Waals surface area contributed by atoms with Crippen molar-refractivity contribution in [3.05, 3.63) is 23.8 Å². The first kappa shape index (κ1) is 15.5. The average molecular weight is 265 g/mol. The lowest BCUT2D eigenvalue weighted by molar-refractivity contribution is -0.125. The highest BCUT2D eigenvalue weighted by molar-refractivity contribution is 5.97. The van der Waals surface area contributed by atoms with Gasteiger partial charge in [-0.05, 0) is 30.0 Å². The van der Waals surface area contributed by atoms with Gasteiger partial charge in [0.1, 0.15) is 11.9 Å². The zero-order valence-corrected chi connectivity index (χ0v) is 12.5. The molecule has 0 heterocycles. The summed E-state index contributed by atoms with van der Waals surface area (Å²) in [5, 5.41) is 9.41. The predicted molar refractivity (Wildman–Crippen MR) is 76.8 cm³/mol. The quantitative estimate of drug-likeness (QED) is 0.912. The predicted octanol–water partition coefficient (Wildman–Crippen LogP) is 2.34. The van der Waals surface area contributed by atoms with E-state index in [-0.39, 0.29) is 11.3 Å². The molecule has 0 aliphatic rings. The SMILES string of the molecule is COc1ccc(C(C)(C)C)cc1N(C)C(=O)C(C)O. The van der Waals surface area contributed by atoms with E-state index in [2.05, 4.69) is 20.8 Å². The van der Waals surface area contributed by atoms with Crippen LogP contribution in [0.25, 0.3) is 0 Å². The van der Waals surface area contributed by atoms with Crippen LogP contribution in [0.2, 0.25) is 0 Å². The molecule has 19 heavy (non-hydrogen) atoms. The molecule has 0 aliphatic heterocycles. The first-order valence-corrected chi connectivity index (χ1v) is 6.32. The lowest BCUT2D eigenvalue weighted by Gasteiger charge is -2.25. The third-order valence-corrected chi connectivity index (χ3v) is 3.09. The average Bonchev–Trinajstić information content (AvgIpc) is 2.34. The van der Waals surface area contributed by atoms with E-state index >= 15 is 0 Å². The van der Waals surface area contributed by atoms with Crippen molar-refractivity contribution in [1.82, 2.24) is 0 Å². The number of aliphatic hydroxyl groups excluding tert-OH is 1. The van der Waals surface area contributed by atoms with Gasteiger partial charge in [0.25, 0.3) is 5.91 Å². The number of nitrogens with zero attached hydrogens (tertiary/aromatic N) is 1. The van der Waals surface area contributed by atoms with Gasteiger partial charge in [-0.2, -0.15) is 0 Å². The van der Waals surface area contributed by atoms with Crippen molar-refractivity contribution in [2.45, 2.75) is 39.2 Å². The third-order valence-electron chi connectivity index (χ3n) is 3.09. The molecule has 1 rings (SSSR count). The second-order valence-electron chi connectivity index (χ2n) is 5.71. The number of aliphatic hydroxyl groups is 1. The van der Waals surface area contributed by atoms with Gasteiger partial charge in [-0.3, -0.25) is 4.79 Å². The van der Waals surface area contributed by atoms with Gasteiger partial charge in [0.05, 0.1) is 12.8 Å². The highest BCUT2D eigenvalue weighted by Crippen LogP contribution is 2.33. The molecule has 1 unspecified atom stereocenters. The molecule has 1 amide bonds. The van der Waals surface area contributed by atoms with Crippen LogP contribution >= 0.6 is 0 Å². The fraction of sp³-hybridized carbons (Fsp3) is 0.533. The minimum absolute atomic E-state index is 0.0181. The van der Waals surface area contributed by atoms with Gasteiger partial charge in [-0.25, -0.2) is 0 Å². The van der Waals surface area contributed by atoms with Gasteiger partial charge in [0, 0.05) is 7.05 Å². The summed E-state index contributed by atoms with van der Waals surface area (Å²) < 4.78 is 5.29. The number of hydrogen-bond donors (Lipinski definition) is 1. The molecule has 0 saturated carbocycles. The van der Waals surface area contributed by atoms with Crippen LogP contribution in [0, 0.1) is 0 Å². The number of amides is 1. The topological polar surface area (TPSA) is 49.8 Å². The van der Waals surface area contributed by atoms with Crippen molar-refractivity contribution < 1.29 is 14.6 Å². The molecular weight excluding hydrogens is 242 g/mol. The van der Waals surface area contributed by atoms with E-state index in [1.807, 2.05) is 18.2 Å². The fourth-order valence-corrected chi connectivity index (χ4v) is 1.82. The van der Waals surface area contributed by atoms with Gasteiger partial charge in [-0.15, -0.1) is 0 Å². The smallest absolute Gasteiger partial charge is 0.255 e. The standard InChI is InChI=1S/C15H23NO3/c1-10(17)14(18)16(5)12-9-11(15(2,3)4)7-8-13(12)19-6/h7-10,17H,1-6H3. The molecule has 0 aliphatic carbocycles. The number of methoxy groups -OCH3 is 1. The summed E-state index contributed by atoms with van der Waals surface area (Å²) in [4.78, 5) is 13.3. The Balaban J connectivity index is 3.27. The van der Waals surface area contributed by atoms with E-state index in [4.69, 9.17) is 4.74 Å². The summed E-state index contributed by atoms with van der Waals surface area (Å²) in [6, 6.07) is 5.77. The Hall–Kier alpha value is -1.55. The van der Waals surface area contributed by atoms with Crippen LogP contribution in [0.3, 0.4) is 0 Å². The molecule has 106 valence electrons. The van der Waals surface area contributed by atoms with Gasteiger partial charge >= 0.3 is 0 Å². The van der Waals surface area contributed by atoms with Crippen LogP contribution in [0.4, 0.5) is 5.69 Å². The molecular formula is C15H23NO3. The van der Waals surface area contributed by atoms with E-state index in [1.54, 1.807) is 14.2 Å². The number of carbonyl (C=O) groups is 1. The Morgan fingerprint density at radius 3 is 2.37 bits per heavy atom. The largest absolute Gasteiger partial charge is 0.495 e. The van der Waals surface area contributed by atoms with Crippen LogP contribution < -0.4 is 9.64 Å². The van der Waals surface area contributed by atoms with Crippen molar-refractivity contribution in [1.29, 1.82) is 0 Å². The summed E-state index contributed by atoms with van der Waals surface area (Å²) in [5.41, 5.74) is 1.75. The molecule has 0 saturated heterocycles. The maximum atomic E-state index is 11.9. The summed E-state index contributed by atoms with van der Waals surface area (Å²) in [7, 11) is 3.20. The summed E-state index contributed by atoms with van der Waals surface area (Å²) in [6.07, 6.45) is -1.03. The summed E-state index contributed by atoms with van der Waals surface area (Å²) in [6.45, 7) is 7.78. The number of benzene rings is 1. The van der Waals surface area contributed by atoms with Crippen molar-refractivity contribution >= 4 is 11.6 Å². The molecule has 1 aromatic carbocycles. The maximum absolute atomic E-state index is 11.9. The number of likely N-dealkylation sites (N-methyl/N-ethyl adjacent to an activating group) is 1. The molecule has 0 aromatic heterocycles. The number of carbonyl (C=O) groups excluding carboxylic acids is 1. The van der Waals surface area contributed by atoms with Crippen LogP contribution in [0.5, 0.6) is 5.75 Å².